The molecule has 0 aliphatic heterocycles. The van der Waals surface area contributed by atoms with Crippen molar-refractivity contribution in [3.8, 4) is 0 Å². The zero-order chi connectivity index (χ0) is 17.7. The predicted octanol–water partition coefficient (Wildman–Crippen LogP) is 0.367. The monoisotopic (exact) mass is 331 g/mol. The number of nitrogens with zero attached hydrogens (tertiary/aromatic N) is 4. The molecule has 0 spiro atoms. The van der Waals surface area contributed by atoms with E-state index in [0.29, 0.717) is 17.2 Å². The number of ether oxygens (including phenoxy) is 1. The summed E-state index contributed by atoms with van der Waals surface area (Å²) in [6.45, 7) is -0.145. The fourth-order valence-electron chi connectivity index (χ4n) is 1.73. The average Bonchev–Trinajstić information content (AvgIpc) is 2.52. The average molecular weight is 331 g/mol. The standard InChI is InChI=1S/C14H17N7O3/c1-21(2)14-19-10(18-12(15)20-14)7-24-11(22)8-3-5-9(6-4-8)17-13(16)23/h3-6H,7H2,1-2H3,(H3,16,17,23)(H2,15,18,19,20). The Kier molecular flexibility index (Phi) is 5.09. The van der Waals surface area contributed by atoms with Crippen LogP contribution in [0.4, 0.5) is 22.4 Å². The second-order valence-electron chi connectivity index (χ2n) is 4.95. The molecule has 0 aliphatic carbocycles. The van der Waals surface area contributed by atoms with E-state index in [9.17, 15) is 9.59 Å². The zero-order valence-corrected chi connectivity index (χ0v) is 13.2. The normalized spacial score (nSPS) is 10.1. The third kappa shape index (κ3) is 4.53. The van der Waals surface area contributed by atoms with Gasteiger partial charge in [0.15, 0.2) is 12.4 Å². The summed E-state index contributed by atoms with van der Waals surface area (Å²) in [5, 5.41) is 2.39. The molecule has 0 aliphatic rings. The van der Waals surface area contributed by atoms with E-state index in [1.165, 1.54) is 24.3 Å². The van der Waals surface area contributed by atoms with Gasteiger partial charge in [0.25, 0.3) is 0 Å². The first-order valence-electron chi connectivity index (χ1n) is 6.86. The number of hydrogen-bond donors (Lipinski definition) is 3. The number of carbonyl (C=O) groups is 2. The number of urea groups is 1. The lowest BCUT2D eigenvalue weighted by Crippen LogP contribution is -2.19. The van der Waals surface area contributed by atoms with Gasteiger partial charge in [-0.1, -0.05) is 0 Å². The van der Waals surface area contributed by atoms with Gasteiger partial charge < -0.3 is 26.4 Å². The number of amides is 2. The van der Waals surface area contributed by atoms with Crippen LogP contribution < -0.4 is 21.7 Å². The molecule has 0 unspecified atom stereocenters. The van der Waals surface area contributed by atoms with Crippen LogP contribution in [0.1, 0.15) is 16.2 Å². The Labute approximate surface area is 137 Å². The fourth-order valence-corrected chi connectivity index (χ4v) is 1.73. The first-order chi connectivity index (χ1) is 11.3. The number of nitrogens with one attached hydrogen (secondary N) is 1. The number of carbonyl (C=O) groups excluding carboxylic acids is 2. The third-order valence-electron chi connectivity index (χ3n) is 2.81. The fraction of sp³-hybridized carbons (Fsp3) is 0.214. The minimum absolute atomic E-state index is 0.0432. The Bertz CT molecular complexity index is 747. The molecular formula is C14H17N7O3. The first kappa shape index (κ1) is 16.9. The van der Waals surface area contributed by atoms with Gasteiger partial charge in [0.05, 0.1) is 5.56 Å². The molecule has 1 aromatic carbocycles. The minimum Gasteiger partial charge on any atom is -0.454 e. The number of nitrogens with two attached hydrogens (primary N) is 2. The summed E-state index contributed by atoms with van der Waals surface area (Å²) >= 11 is 0. The van der Waals surface area contributed by atoms with Gasteiger partial charge in [-0.2, -0.15) is 15.0 Å². The molecule has 126 valence electrons. The van der Waals surface area contributed by atoms with Crippen LogP contribution in [0.3, 0.4) is 0 Å². The van der Waals surface area contributed by atoms with Gasteiger partial charge in [0, 0.05) is 19.8 Å². The van der Waals surface area contributed by atoms with Crippen LogP contribution in [0.5, 0.6) is 0 Å². The Morgan fingerprint density at radius 1 is 1.17 bits per heavy atom. The summed E-state index contributed by atoms with van der Waals surface area (Å²) in [5.41, 5.74) is 11.4. The van der Waals surface area contributed by atoms with Gasteiger partial charge in [-0.05, 0) is 24.3 Å². The number of anilines is 3. The Hall–Kier alpha value is -3.43. The van der Waals surface area contributed by atoms with Gasteiger partial charge in [0.2, 0.25) is 11.9 Å². The predicted molar refractivity (Wildman–Crippen MR) is 87.3 cm³/mol. The summed E-state index contributed by atoms with van der Waals surface area (Å²) in [7, 11) is 3.51. The molecule has 0 atom stereocenters. The summed E-state index contributed by atoms with van der Waals surface area (Å²) in [6.07, 6.45) is 0. The summed E-state index contributed by atoms with van der Waals surface area (Å²) in [5.74, 6) is 0.0923. The topological polar surface area (TPSA) is 149 Å². The molecule has 1 aromatic heterocycles. The van der Waals surface area contributed by atoms with Gasteiger partial charge in [-0.15, -0.1) is 0 Å². The van der Waals surface area contributed by atoms with Crippen LogP contribution in [0.2, 0.25) is 0 Å². The molecule has 2 amide bonds. The van der Waals surface area contributed by atoms with E-state index in [4.69, 9.17) is 16.2 Å². The summed E-state index contributed by atoms with van der Waals surface area (Å²) < 4.78 is 5.15. The largest absolute Gasteiger partial charge is 0.454 e. The van der Waals surface area contributed by atoms with Gasteiger partial charge in [-0.3, -0.25) is 0 Å². The molecule has 0 bridgehead atoms. The number of aromatic nitrogens is 3. The second kappa shape index (κ2) is 7.22. The van der Waals surface area contributed by atoms with Crippen molar-refractivity contribution < 1.29 is 14.3 Å². The van der Waals surface area contributed by atoms with Gasteiger partial charge in [-0.25, -0.2) is 9.59 Å². The molecule has 5 N–H and O–H groups in total. The molecular weight excluding hydrogens is 314 g/mol. The van der Waals surface area contributed by atoms with Crippen molar-refractivity contribution in [1.82, 2.24) is 15.0 Å². The highest BCUT2D eigenvalue weighted by atomic mass is 16.5. The maximum absolute atomic E-state index is 12.0. The highest BCUT2D eigenvalue weighted by molar-refractivity contribution is 5.91. The first-order valence-corrected chi connectivity index (χ1v) is 6.86. The van der Waals surface area contributed by atoms with E-state index in [1.807, 2.05) is 0 Å². The van der Waals surface area contributed by atoms with Crippen molar-refractivity contribution >= 4 is 29.6 Å². The molecule has 10 heteroatoms. The maximum atomic E-state index is 12.0. The van der Waals surface area contributed by atoms with E-state index < -0.39 is 12.0 Å². The highest BCUT2D eigenvalue weighted by Gasteiger charge is 2.11. The van der Waals surface area contributed by atoms with Crippen molar-refractivity contribution in [2.45, 2.75) is 6.61 Å². The molecule has 10 nitrogen and oxygen atoms in total. The lowest BCUT2D eigenvalue weighted by Gasteiger charge is -2.11. The van der Waals surface area contributed by atoms with E-state index in [-0.39, 0.29) is 18.4 Å². The van der Waals surface area contributed by atoms with Crippen LogP contribution in [0.15, 0.2) is 24.3 Å². The van der Waals surface area contributed by atoms with E-state index in [2.05, 4.69) is 20.3 Å². The van der Waals surface area contributed by atoms with Crippen molar-refractivity contribution in [3.63, 3.8) is 0 Å². The summed E-state index contributed by atoms with van der Waals surface area (Å²) in [6, 6.07) is 5.38. The molecule has 1 heterocycles. The number of nitrogen functional groups attached to an aromatic ring is 1. The van der Waals surface area contributed by atoms with Gasteiger partial charge in [0.1, 0.15) is 0 Å². The van der Waals surface area contributed by atoms with Crippen molar-refractivity contribution in [2.24, 2.45) is 5.73 Å². The summed E-state index contributed by atoms with van der Waals surface area (Å²) in [4.78, 5) is 36.4. The molecule has 0 saturated carbocycles. The number of benzene rings is 1. The van der Waals surface area contributed by atoms with Crippen molar-refractivity contribution in [3.05, 3.63) is 35.7 Å². The third-order valence-corrected chi connectivity index (χ3v) is 2.81. The molecule has 0 saturated heterocycles. The SMILES string of the molecule is CN(C)c1nc(N)nc(COC(=O)c2ccc(NC(N)=O)cc2)n1. The van der Waals surface area contributed by atoms with Crippen molar-refractivity contribution in [2.75, 3.05) is 30.0 Å². The number of rotatable bonds is 5. The Morgan fingerprint density at radius 3 is 2.42 bits per heavy atom. The minimum atomic E-state index is -0.686. The smallest absolute Gasteiger partial charge is 0.338 e. The molecule has 0 fully saturated rings. The Morgan fingerprint density at radius 2 is 1.83 bits per heavy atom. The van der Waals surface area contributed by atoms with E-state index >= 15 is 0 Å². The van der Waals surface area contributed by atoms with E-state index in [0.717, 1.165) is 0 Å². The quantitative estimate of drug-likeness (QED) is 0.665. The molecule has 0 radical (unpaired) electrons. The van der Waals surface area contributed by atoms with Crippen LogP contribution in [0, 0.1) is 0 Å². The number of esters is 1. The molecule has 24 heavy (non-hydrogen) atoms. The second-order valence-corrected chi connectivity index (χ2v) is 4.95. The maximum Gasteiger partial charge on any atom is 0.338 e. The van der Waals surface area contributed by atoms with E-state index in [1.54, 1.807) is 19.0 Å². The van der Waals surface area contributed by atoms with Crippen LogP contribution >= 0.6 is 0 Å². The van der Waals surface area contributed by atoms with Crippen LogP contribution in [-0.2, 0) is 11.3 Å². The number of hydrogen-bond acceptors (Lipinski definition) is 8. The number of primary amides is 1. The Balaban J connectivity index is 2.01. The molecule has 2 aromatic rings. The highest BCUT2D eigenvalue weighted by Crippen LogP contribution is 2.12. The van der Waals surface area contributed by atoms with Crippen LogP contribution in [0.25, 0.3) is 0 Å². The molecule has 2 rings (SSSR count). The lowest BCUT2D eigenvalue weighted by molar-refractivity contribution is 0.0462. The van der Waals surface area contributed by atoms with Crippen molar-refractivity contribution in [1.29, 1.82) is 0 Å². The van der Waals surface area contributed by atoms with Crippen LogP contribution in [-0.4, -0.2) is 41.0 Å². The zero-order valence-electron chi connectivity index (χ0n) is 13.2. The lowest BCUT2D eigenvalue weighted by atomic mass is 10.2. The van der Waals surface area contributed by atoms with Gasteiger partial charge >= 0.3 is 12.0 Å².